The van der Waals surface area contributed by atoms with Crippen LogP contribution in [0.15, 0.2) is 59.9 Å². The van der Waals surface area contributed by atoms with E-state index < -0.39 is 17.7 Å². The number of aliphatic hydroxyl groups is 1. The Labute approximate surface area is 184 Å². The van der Waals surface area contributed by atoms with Gasteiger partial charge in [0.05, 0.1) is 11.6 Å². The molecule has 0 aliphatic carbocycles. The SMILES string of the molecule is Cc1cccc(C2C(C(=O)CC(C)C)=C(O)C(=O)N2c2ccc(N3CCCC3)cc2)c1. The molecule has 1 N–H and O–H groups in total. The van der Waals surface area contributed by atoms with Crippen LogP contribution in [0.1, 0.15) is 50.3 Å². The van der Waals surface area contributed by atoms with Crippen LogP contribution in [0.5, 0.6) is 0 Å². The van der Waals surface area contributed by atoms with Gasteiger partial charge in [-0.2, -0.15) is 0 Å². The van der Waals surface area contributed by atoms with Gasteiger partial charge in [0.15, 0.2) is 11.5 Å². The maximum atomic E-state index is 13.2. The third kappa shape index (κ3) is 4.09. The van der Waals surface area contributed by atoms with Crippen molar-refractivity contribution in [2.24, 2.45) is 5.92 Å². The van der Waals surface area contributed by atoms with E-state index >= 15 is 0 Å². The number of hydrogen-bond acceptors (Lipinski definition) is 4. The summed E-state index contributed by atoms with van der Waals surface area (Å²) in [5.74, 6) is -0.994. The largest absolute Gasteiger partial charge is 0.503 e. The summed E-state index contributed by atoms with van der Waals surface area (Å²) in [6.07, 6.45) is 2.68. The highest BCUT2D eigenvalue weighted by Crippen LogP contribution is 2.42. The zero-order valence-corrected chi connectivity index (χ0v) is 18.5. The maximum Gasteiger partial charge on any atom is 0.294 e. The van der Waals surface area contributed by atoms with Crippen molar-refractivity contribution in [3.8, 4) is 0 Å². The molecule has 162 valence electrons. The van der Waals surface area contributed by atoms with Gasteiger partial charge in [-0.3, -0.25) is 14.5 Å². The first kappa shape index (κ1) is 21.2. The number of hydrogen-bond donors (Lipinski definition) is 1. The molecule has 5 nitrogen and oxygen atoms in total. The van der Waals surface area contributed by atoms with E-state index in [-0.39, 0.29) is 23.7 Å². The molecule has 4 rings (SSSR count). The number of Topliss-reactive ketones (excluding diaryl/α,β-unsaturated/α-hetero) is 1. The summed E-state index contributed by atoms with van der Waals surface area (Å²) in [7, 11) is 0. The van der Waals surface area contributed by atoms with Crippen LogP contribution in [0, 0.1) is 12.8 Å². The minimum absolute atomic E-state index is 0.134. The molecule has 2 aromatic rings. The topological polar surface area (TPSA) is 60.9 Å². The van der Waals surface area contributed by atoms with E-state index in [0.29, 0.717) is 5.69 Å². The van der Waals surface area contributed by atoms with Gasteiger partial charge in [0.1, 0.15) is 0 Å². The Hall–Kier alpha value is -3.08. The van der Waals surface area contributed by atoms with Crippen LogP contribution in [0.3, 0.4) is 0 Å². The third-order valence-electron chi connectivity index (χ3n) is 6.06. The third-order valence-corrected chi connectivity index (χ3v) is 6.06. The molecular formula is C26H30N2O3. The molecule has 0 saturated carbocycles. The van der Waals surface area contributed by atoms with Crippen molar-refractivity contribution in [3.05, 3.63) is 71.0 Å². The Kier molecular flexibility index (Phi) is 5.86. The van der Waals surface area contributed by atoms with Crippen LogP contribution in [0.4, 0.5) is 11.4 Å². The first-order valence-corrected chi connectivity index (χ1v) is 11.1. The van der Waals surface area contributed by atoms with Crippen molar-refractivity contribution >= 4 is 23.1 Å². The second-order valence-electron chi connectivity index (χ2n) is 8.99. The zero-order chi connectivity index (χ0) is 22.1. The lowest BCUT2D eigenvalue weighted by molar-refractivity contribution is -0.118. The van der Waals surface area contributed by atoms with E-state index in [1.807, 2.05) is 69.3 Å². The van der Waals surface area contributed by atoms with Crippen LogP contribution in [-0.2, 0) is 9.59 Å². The van der Waals surface area contributed by atoms with Crippen LogP contribution < -0.4 is 9.80 Å². The summed E-state index contributed by atoms with van der Waals surface area (Å²) < 4.78 is 0. The molecule has 0 bridgehead atoms. The first-order chi connectivity index (χ1) is 14.9. The van der Waals surface area contributed by atoms with E-state index in [4.69, 9.17) is 0 Å². The molecule has 5 heteroatoms. The van der Waals surface area contributed by atoms with Crippen molar-refractivity contribution in [1.29, 1.82) is 0 Å². The van der Waals surface area contributed by atoms with Crippen LogP contribution >= 0.6 is 0 Å². The second kappa shape index (κ2) is 8.58. The molecule has 1 unspecified atom stereocenters. The molecule has 2 aliphatic rings. The highest BCUT2D eigenvalue weighted by Gasteiger charge is 2.44. The van der Waals surface area contributed by atoms with E-state index in [1.54, 1.807) is 4.90 Å². The van der Waals surface area contributed by atoms with E-state index in [2.05, 4.69) is 4.90 Å². The minimum Gasteiger partial charge on any atom is -0.503 e. The van der Waals surface area contributed by atoms with Gasteiger partial charge in [-0.1, -0.05) is 43.7 Å². The highest BCUT2D eigenvalue weighted by molar-refractivity contribution is 6.16. The van der Waals surface area contributed by atoms with E-state index in [1.165, 1.54) is 12.8 Å². The van der Waals surface area contributed by atoms with Crippen LogP contribution in [-0.4, -0.2) is 29.9 Å². The molecule has 0 aromatic heterocycles. The fourth-order valence-electron chi connectivity index (χ4n) is 4.59. The summed E-state index contributed by atoms with van der Waals surface area (Å²) in [6, 6.07) is 15.0. The number of aliphatic hydroxyl groups excluding tert-OH is 1. The average molecular weight is 419 g/mol. The molecule has 1 atom stereocenters. The van der Waals surface area contributed by atoms with Gasteiger partial charge in [-0.15, -0.1) is 0 Å². The predicted octanol–water partition coefficient (Wildman–Crippen LogP) is 5.11. The zero-order valence-electron chi connectivity index (χ0n) is 18.5. The molecular weight excluding hydrogens is 388 g/mol. The predicted molar refractivity (Wildman–Crippen MR) is 123 cm³/mol. The summed E-state index contributed by atoms with van der Waals surface area (Å²) >= 11 is 0. The Morgan fingerprint density at radius 3 is 2.32 bits per heavy atom. The normalized spacial score (nSPS) is 19.1. The Balaban J connectivity index is 1.75. The smallest absolute Gasteiger partial charge is 0.294 e. The van der Waals surface area contributed by atoms with E-state index in [0.717, 1.165) is 29.9 Å². The lowest BCUT2D eigenvalue weighted by atomic mass is 9.91. The maximum absolute atomic E-state index is 13.2. The number of anilines is 2. The van der Waals surface area contributed by atoms with Crippen LogP contribution in [0.25, 0.3) is 0 Å². The minimum atomic E-state index is -0.628. The number of carbonyl (C=O) groups excluding carboxylic acids is 2. The Morgan fingerprint density at radius 2 is 1.71 bits per heavy atom. The van der Waals surface area contributed by atoms with Crippen molar-refractivity contribution in [1.82, 2.24) is 0 Å². The summed E-state index contributed by atoms with van der Waals surface area (Å²) in [4.78, 5) is 30.1. The van der Waals surface area contributed by atoms with Crippen LogP contribution in [0.2, 0.25) is 0 Å². The molecule has 1 fully saturated rings. The second-order valence-corrected chi connectivity index (χ2v) is 8.99. The van der Waals surface area contributed by atoms with Gasteiger partial charge in [-0.25, -0.2) is 0 Å². The van der Waals surface area contributed by atoms with Gasteiger partial charge < -0.3 is 10.0 Å². The van der Waals surface area contributed by atoms with Gasteiger partial charge in [0.2, 0.25) is 0 Å². The molecule has 0 spiro atoms. The fraction of sp³-hybridized carbons (Fsp3) is 0.385. The van der Waals surface area contributed by atoms with Gasteiger partial charge in [-0.05, 0) is 55.5 Å². The number of carbonyl (C=O) groups is 2. The number of benzene rings is 2. The standard InChI is InChI=1S/C26H30N2O3/c1-17(2)15-22(29)23-24(19-8-6-7-18(3)16-19)28(26(31)25(23)30)21-11-9-20(10-12-21)27-13-4-5-14-27/h6-12,16-17,24,30H,4-5,13-15H2,1-3H3. The van der Waals surface area contributed by atoms with Gasteiger partial charge in [0, 0.05) is 30.9 Å². The fourth-order valence-corrected chi connectivity index (χ4v) is 4.59. The number of aryl methyl sites for hydroxylation is 1. The molecule has 31 heavy (non-hydrogen) atoms. The summed E-state index contributed by atoms with van der Waals surface area (Å²) in [6.45, 7) is 7.99. The molecule has 2 heterocycles. The molecule has 1 saturated heterocycles. The van der Waals surface area contributed by atoms with Crippen molar-refractivity contribution < 1.29 is 14.7 Å². The number of rotatable bonds is 6. The Bertz CT molecular complexity index is 1020. The lowest BCUT2D eigenvalue weighted by Gasteiger charge is -2.28. The lowest BCUT2D eigenvalue weighted by Crippen LogP contribution is -2.31. The summed E-state index contributed by atoms with van der Waals surface area (Å²) in [5.41, 5.74) is 3.88. The molecule has 2 aliphatic heterocycles. The number of nitrogens with zero attached hydrogens (tertiary/aromatic N) is 2. The highest BCUT2D eigenvalue weighted by atomic mass is 16.3. The first-order valence-electron chi connectivity index (χ1n) is 11.1. The van der Waals surface area contributed by atoms with Gasteiger partial charge >= 0.3 is 0 Å². The van der Waals surface area contributed by atoms with Crippen molar-refractivity contribution in [3.63, 3.8) is 0 Å². The summed E-state index contributed by atoms with van der Waals surface area (Å²) in [5, 5.41) is 10.8. The van der Waals surface area contributed by atoms with Crippen molar-refractivity contribution in [2.75, 3.05) is 22.9 Å². The molecule has 2 aromatic carbocycles. The number of ketones is 1. The average Bonchev–Trinajstić information content (AvgIpc) is 3.35. The number of amides is 1. The van der Waals surface area contributed by atoms with E-state index in [9.17, 15) is 14.7 Å². The molecule has 1 amide bonds. The monoisotopic (exact) mass is 418 g/mol. The van der Waals surface area contributed by atoms with Gasteiger partial charge in [0.25, 0.3) is 5.91 Å². The quantitative estimate of drug-likeness (QED) is 0.708. The molecule has 0 radical (unpaired) electrons. The van der Waals surface area contributed by atoms with Crippen molar-refractivity contribution in [2.45, 2.75) is 46.1 Å². The Morgan fingerprint density at radius 1 is 1.06 bits per heavy atom.